The Morgan fingerprint density at radius 2 is 1.97 bits per heavy atom. The lowest BCUT2D eigenvalue weighted by Gasteiger charge is -2.23. The summed E-state index contributed by atoms with van der Waals surface area (Å²) in [6, 6.07) is 13.5. The van der Waals surface area contributed by atoms with Crippen molar-refractivity contribution in [1.29, 1.82) is 0 Å². The standard InChI is InChI=1S/C23H22N4O4/c1-14-3-2-4-17(11-14)25-23(31)24-13-15-5-6-16-9-10-27(22(30)18(16)12-15)19-7-8-20(28)26-21(19)29/h2-6,9-12,19H,7-8,13H2,1H3,(H2,24,25,31)(H,26,28,29). The molecule has 4 rings (SSSR count). The number of imide groups is 1. The maximum absolute atomic E-state index is 13.0. The number of aryl methyl sites for hydroxylation is 1. The molecular weight excluding hydrogens is 396 g/mol. The molecule has 1 unspecified atom stereocenters. The fraction of sp³-hybridized carbons (Fsp3) is 0.217. The highest BCUT2D eigenvalue weighted by molar-refractivity contribution is 5.99. The van der Waals surface area contributed by atoms with E-state index in [1.165, 1.54) is 4.57 Å². The van der Waals surface area contributed by atoms with Gasteiger partial charge in [0.1, 0.15) is 6.04 Å². The number of urea groups is 1. The SMILES string of the molecule is Cc1cccc(NC(=O)NCc2ccc3ccn(C4CCC(=O)NC4=O)c(=O)c3c2)c1. The number of hydrogen-bond acceptors (Lipinski definition) is 4. The second kappa shape index (κ2) is 8.43. The molecule has 0 saturated carbocycles. The van der Waals surface area contributed by atoms with Gasteiger partial charge in [0.25, 0.3) is 5.56 Å². The van der Waals surface area contributed by atoms with Crippen LogP contribution in [0.2, 0.25) is 0 Å². The van der Waals surface area contributed by atoms with Crippen molar-refractivity contribution in [2.24, 2.45) is 0 Å². The molecule has 8 heteroatoms. The molecule has 1 aliphatic heterocycles. The van der Waals surface area contributed by atoms with Gasteiger partial charge in [-0.15, -0.1) is 0 Å². The molecule has 3 N–H and O–H groups in total. The van der Waals surface area contributed by atoms with E-state index in [-0.39, 0.29) is 36.9 Å². The Morgan fingerprint density at radius 1 is 1.13 bits per heavy atom. The van der Waals surface area contributed by atoms with E-state index < -0.39 is 11.9 Å². The van der Waals surface area contributed by atoms with Crippen molar-refractivity contribution in [3.63, 3.8) is 0 Å². The van der Waals surface area contributed by atoms with Crippen LogP contribution in [0.5, 0.6) is 0 Å². The highest BCUT2D eigenvalue weighted by atomic mass is 16.2. The van der Waals surface area contributed by atoms with Crippen LogP contribution < -0.4 is 21.5 Å². The molecule has 1 saturated heterocycles. The molecule has 4 amide bonds. The first kappa shape index (κ1) is 20.3. The molecule has 0 spiro atoms. The molecule has 1 fully saturated rings. The van der Waals surface area contributed by atoms with Crippen LogP contribution in [-0.4, -0.2) is 22.4 Å². The number of fused-ring (bicyclic) bond motifs is 1. The number of rotatable bonds is 4. The summed E-state index contributed by atoms with van der Waals surface area (Å²) in [6.07, 6.45) is 2.06. The normalized spacial score (nSPS) is 16.1. The van der Waals surface area contributed by atoms with E-state index in [4.69, 9.17) is 0 Å². The van der Waals surface area contributed by atoms with Crippen molar-refractivity contribution >= 4 is 34.3 Å². The molecule has 2 aromatic carbocycles. The smallest absolute Gasteiger partial charge is 0.319 e. The molecule has 1 aliphatic rings. The highest BCUT2D eigenvalue weighted by Crippen LogP contribution is 2.19. The summed E-state index contributed by atoms with van der Waals surface area (Å²) in [5.41, 5.74) is 2.19. The van der Waals surface area contributed by atoms with E-state index in [1.807, 2.05) is 31.2 Å². The van der Waals surface area contributed by atoms with E-state index in [2.05, 4.69) is 16.0 Å². The van der Waals surface area contributed by atoms with Crippen LogP contribution in [0.1, 0.15) is 30.0 Å². The van der Waals surface area contributed by atoms with E-state index in [9.17, 15) is 19.2 Å². The van der Waals surface area contributed by atoms with Crippen molar-refractivity contribution in [3.05, 3.63) is 76.2 Å². The summed E-state index contributed by atoms with van der Waals surface area (Å²) in [4.78, 5) is 48.8. The van der Waals surface area contributed by atoms with Gasteiger partial charge in [-0.1, -0.05) is 24.3 Å². The third kappa shape index (κ3) is 4.48. The van der Waals surface area contributed by atoms with Crippen LogP contribution in [0.15, 0.2) is 59.5 Å². The van der Waals surface area contributed by atoms with E-state index in [0.717, 1.165) is 16.5 Å². The number of benzene rings is 2. The molecule has 1 aromatic heterocycles. The van der Waals surface area contributed by atoms with Gasteiger partial charge in [0.05, 0.1) is 0 Å². The number of amides is 4. The monoisotopic (exact) mass is 418 g/mol. The third-order valence-electron chi connectivity index (χ3n) is 5.27. The summed E-state index contributed by atoms with van der Waals surface area (Å²) in [6.45, 7) is 2.18. The van der Waals surface area contributed by atoms with Crippen LogP contribution in [0.25, 0.3) is 10.8 Å². The fourth-order valence-corrected chi connectivity index (χ4v) is 3.68. The summed E-state index contributed by atoms with van der Waals surface area (Å²) in [5.74, 6) is -0.796. The molecule has 31 heavy (non-hydrogen) atoms. The Bertz CT molecular complexity index is 1250. The van der Waals surface area contributed by atoms with Crippen molar-refractivity contribution in [2.45, 2.75) is 32.4 Å². The number of carbonyl (C=O) groups excluding carboxylic acids is 3. The lowest BCUT2D eigenvalue weighted by Crippen LogP contribution is -2.44. The van der Waals surface area contributed by atoms with Gasteiger partial charge in [0, 0.05) is 30.2 Å². The van der Waals surface area contributed by atoms with Crippen LogP contribution >= 0.6 is 0 Å². The Morgan fingerprint density at radius 3 is 2.74 bits per heavy atom. The van der Waals surface area contributed by atoms with Crippen molar-refractivity contribution in [3.8, 4) is 0 Å². The first-order valence-corrected chi connectivity index (χ1v) is 10.00. The number of nitrogens with zero attached hydrogens (tertiary/aromatic N) is 1. The third-order valence-corrected chi connectivity index (χ3v) is 5.27. The molecule has 8 nitrogen and oxygen atoms in total. The zero-order chi connectivity index (χ0) is 22.0. The second-order valence-electron chi connectivity index (χ2n) is 7.59. The first-order chi connectivity index (χ1) is 14.9. The van der Waals surface area contributed by atoms with Gasteiger partial charge in [0.15, 0.2) is 0 Å². The van der Waals surface area contributed by atoms with Gasteiger partial charge in [-0.25, -0.2) is 4.79 Å². The van der Waals surface area contributed by atoms with Crippen molar-refractivity contribution < 1.29 is 14.4 Å². The summed E-state index contributed by atoms with van der Waals surface area (Å²) >= 11 is 0. The van der Waals surface area contributed by atoms with Crippen molar-refractivity contribution in [2.75, 3.05) is 5.32 Å². The summed E-state index contributed by atoms with van der Waals surface area (Å²) in [7, 11) is 0. The minimum Gasteiger partial charge on any atom is -0.334 e. The topological polar surface area (TPSA) is 109 Å². The Hall–Kier alpha value is -3.94. The first-order valence-electron chi connectivity index (χ1n) is 10.00. The maximum atomic E-state index is 13.0. The zero-order valence-electron chi connectivity index (χ0n) is 17.0. The van der Waals surface area contributed by atoms with E-state index in [1.54, 1.807) is 30.5 Å². The molecule has 0 bridgehead atoms. The predicted octanol–water partition coefficient (Wildman–Crippen LogP) is 2.61. The molecule has 0 radical (unpaired) electrons. The highest BCUT2D eigenvalue weighted by Gasteiger charge is 2.28. The number of nitrogens with one attached hydrogen (secondary N) is 3. The number of carbonyl (C=O) groups is 3. The Balaban J connectivity index is 1.51. The second-order valence-corrected chi connectivity index (χ2v) is 7.59. The average Bonchev–Trinajstić information content (AvgIpc) is 2.73. The number of pyridine rings is 1. The summed E-state index contributed by atoms with van der Waals surface area (Å²) in [5, 5.41) is 9.02. The average molecular weight is 418 g/mol. The Labute approximate surface area is 178 Å². The number of hydrogen-bond donors (Lipinski definition) is 3. The van der Waals surface area contributed by atoms with Crippen LogP contribution in [0, 0.1) is 6.92 Å². The fourth-order valence-electron chi connectivity index (χ4n) is 3.68. The molecular formula is C23H22N4O4. The molecule has 0 aliphatic carbocycles. The van der Waals surface area contributed by atoms with Gasteiger partial charge in [-0.05, 0) is 54.1 Å². The lowest BCUT2D eigenvalue weighted by atomic mass is 10.0. The van der Waals surface area contributed by atoms with Crippen LogP contribution in [0.4, 0.5) is 10.5 Å². The van der Waals surface area contributed by atoms with Gasteiger partial charge in [0.2, 0.25) is 11.8 Å². The minimum atomic E-state index is -0.712. The number of aromatic nitrogens is 1. The Kier molecular flexibility index (Phi) is 5.53. The van der Waals surface area contributed by atoms with Gasteiger partial charge < -0.3 is 15.2 Å². The molecule has 3 aromatic rings. The predicted molar refractivity (Wildman–Crippen MR) is 117 cm³/mol. The van der Waals surface area contributed by atoms with Gasteiger partial charge >= 0.3 is 6.03 Å². The van der Waals surface area contributed by atoms with Gasteiger partial charge in [-0.3, -0.25) is 19.7 Å². The van der Waals surface area contributed by atoms with E-state index in [0.29, 0.717) is 11.1 Å². The van der Waals surface area contributed by atoms with Crippen molar-refractivity contribution in [1.82, 2.24) is 15.2 Å². The quantitative estimate of drug-likeness (QED) is 0.566. The number of piperidine rings is 1. The molecule has 2 heterocycles. The molecule has 158 valence electrons. The zero-order valence-corrected chi connectivity index (χ0v) is 17.0. The van der Waals surface area contributed by atoms with Gasteiger partial charge in [-0.2, -0.15) is 0 Å². The van der Waals surface area contributed by atoms with E-state index >= 15 is 0 Å². The van der Waals surface area contributed by atoms with Crippen LogP contribution in [-0.2, 0) is 16.1 Å². The van der Waals surface area contributed by atoms with Crippen LogP contribution in [0.3, 0.4) is 0 Å². The number of anilines is 1. The summed E-state index contributed by atoms with van der Waals surface area (Å²) < 4.78 is 1.37. The minimum absolute atomic E-state index is 0.195. The lowest BCUT2D eigenvalue weighted by molar-refractivity contribution is -0.135. The largest absolute Gasteiger partial charge is 0.334 e. The maximum Gasteiger partial charge on any atom is 0.319 e. The molecule has 1 atom stereocenters.